The zero-order chi connectivity index (χ0) is 14.6. The van der Waals surface area contributed by atoms with Crippen LogP contribution in [-0.4, -0.2) is 19.9 Å². The number of halogens is 1. The van der Waals surface area contributed by atoms with E-state index in [1.165, 1.54) is 18.6 Å². The maximum Gasteiger partial charge on any atom is 0.244 e. The predicted molar refractivity (Wildman–Crippen MR) is 78.8 cm³/mol. The number of anilines is 1. The second kappa shape index (κ2) is 6.38. The minimum absolute atomic E-state index is 0.109. The summed E-state index contributed by atoms with van der Waals surface area (Å²) in [6.07, 6.45) is 4.54. The lowest BCUT2D eigenvalue weighted by Gasteiger charge is -2.11. The van der Waals surface area contributed by atoms with Gasteiger partial charge in [-0.1, -0.05) is 0 Å². The third-order valence-electron chi connectivity index (χ3n) is 2.50. The number of hydrogen-bond acceptors (Lipinski definition) is 5. The maximum absolute atomic E-state index is 12.3. The minimum atomic E-state index is -3.66. The zero-order valence-corrected chi connectivity index (χ0v) is 13.2. The van der Waals surface area contributed by atoms with Crippen molar-refractivity contribution in [3.63, 3.8) is 0 Å². The first-order valence-electron chi connectivity index (χ1n) is 5.93. The summed E-state index contributed by atoms with van der Waals surface area (Å²) >= 11 is 3.23. The van der Waals surface area contributed by atoms with Gasteiger partial charge in [-0.2, -0.15) is 0 Å². The number of sulfonamides is 1. The molecular formula is C12H14BrN3O3S. The van der Waals surface area contributed by atoms with Crippen LogP contribution >= 0.6 is 15.9 Å². The molecule has 2 N–H and O–H groups in total. The number of pyridine rings is 1. The van der Waals surface area contributed by atoms with Crippen LogP contribution in [0.25, 0.3) is 0 Å². The van der Waals surface area contributed by atoms with E-state index in [0.717, 1.165) is 5.56 Å². The van der Waals surface area contributed by atoms with Gasteiger partial charge in [0.2, 0.25) is 10.0 Å². The summed E-state index contributed by atoms with van der Waals surface area (Å²) in [6.45, 7) is 2.62. The fourth-order valence-electron chi connectivity index (χ4n) is 1.58. The Morgan fingerprint density at radius 2 is 2.25 bits per heavy atom. The lowest BCUT2D eigenvalue weighted by Crippen LogP contribution is -2.24. The number of hydrogen-bond donors (Lipinski definition) is 2. The predicted octanol–water partition coefficient (Wildman–Crippen LogP) is 2.35. The van der Waals surface area contributed by atoms with Gasteiger partial charge in [0.15, 0.2) is 0 Å². The third kappa shape index (κ3) is 3.59. The van der Waals surface area contributed by atoms with Crippen LogP contribution in [0.4, 0.5) is 5.82 Å². The summed E-state index contributed by atoms with van der Waals surface area (Å²) in [4.78, 5) is 4.19. The Hall–Kier alpha value is -1.38. The quantitative estimate of drug-likeness (QED) is 0.826. The highest BCUT2D eigenvalue weighted by Crippen LogP contribution is 2.22. The van der Waals surface area contributed by atoms with Crippen LogP contribution in [0.1, 0.15) is 12.5 Å². The van der Waals surface area contributed by atoms with Crippen molar-refractivity contribution in [3.8, 4) is 0 Å². The highest BCUT2D eigenvalue weighted by atomic mass is 79.9. The van der Waals surface area contributed by atoms with E-state index in [9.17, 15) is 8.42 Å². The topological polar surface area (TPSA) is 84.2 Å². The second-order valence-corrected chi connectivity index (χ2v) is 6.64. The van der Waals surface area contributed by atoms with Crippen LogP contribution in [-0.2, 0) is 16.6 Å². The van der Waals surface area contributed by atoms with Gasteiger partial charge in [-0.15, -0.1) is 0 Å². The molecule has 2 rings (SSSR count). The molecule has 0 amide bonds. The van der Waals surface area contributed by atoms with Crippen LogP contribution in [0, 0.1) is 0 Å². The van der Waals surface area contributed by atoms with E-state index >= 15 is 0 Å². The Balaban J connectivity index is 2.26. The summed E-state index contributed by atoms with van der Waals surface area (Å²) in [5, 5.41) is 2.93. The molecule has 0 radical (unpaired) electrons. The molecular weight excluding hydrogens is 346 g/mol. The molecule has 0 atom stereocenters. The van der Waals surface area contributed by atoms with Gasteiger partial charge in [0.05, 0.1) is 12.5 Å². The second-order valence-electron chi connectivity index (χ2n) is 3.99. The average Bonchev–Trinajstić information content (AvgIpc) is 2.92. The molecule has 0 aliphatic heterocycles. The van der Waals surface area contributed by atoms with Crippen molar-refractivity contribution < 1.29 is 12.8 Å². The third-order valence-corrected chi connectivity index (χ3v) is 4.35. The molecule has 108 valence electrons. The van der Waals surface area contributed by atoms with Crippen molar-refractivity contribution in [2.75, 3.05) is 11.9 Å². The largest absolute Gasteiger partial charge is 0.472 e. The van der Waals surface area contributed by atoms with E-state index in [4.69, 9.17) is 4.42 Å². The molecule has 0 saturated carbocycles. The highest BCUT2D eigenvalue weighted by Gasteiger charge is 2.20. The molecule has 0 bridgehead atoms. The van der Waals surface area contributed by atoms with Crippen LogP contribution in [0.2, 0.25) is 0 Å². The highest BCUT2D eigenvalue weighted by molar-refractivity contribution is 9.10. The average molecular weight is 360 g/mol. The molecule has 0 saturated heterocycles. The molecule has 2 aromatic rings. The fourth-order valence-corrected chi connectivity index (χ4v) is 3.23. The summed E-state index contributed by atoms with van der Waals surface area (Å²) in [7, 11) is -3.66. The van der Waals surface area contributed by atoms with Crippen molar-refractivity contribution in [2.24, 2.45) is 0 Å². The smallest absolute Gasteiger partial charge is 0.244 e. The van der Waals surface area contributed by atoms with Crippen LogP contribution in [0.15, 0.2) is 44.6 Å². The summed E-state index contributed by atoms with van der Waals surface area (Å²) < 4.78 is 32.7. The first kappa shape index (κ1) is 15.0. The maximum atomic E-state index is 12.3. The van der Waals surface area contributed by atoms with Gasteiger partial charge in [0, 0.05) is 29.3 Å². The normalized spacial score (nSPS) is 11.5. The standard InChI is InChI=1S/C12H14BrN3O3S/c1-2-14-12-11(5-10(13)7-15-12)20(17,18)16-6-9-3-4-19-8-9/h3-5,7-8,16H,2,6H2,1H3,(H,14,15). The van der Waals surface area contributed by atoms with Crippen molar-refractivity contribution in [1.29, 1.82) is 0 Å². The number of furan rings is 1. The summed E-state index contributed by atoms with van der Waals surface area (Å²) in [5.74, 6) is 0.329. The number of aromatic nitrogens is 1. The number of rotatable bonds is 6. The Morgan fingerprint density at radius 1 is 1.45 bits per heavy atom. The van der Waals surface area contributed by atoms with Crippen LogP contribution in [0.5, 0.6) is 0 Å². The van der Waals surface area contributed by atoms with Crippen molar-refractivity contribution in [1.82, 2.24) is 9.71 Å². The van der Waals surface area contributed by atoms with E-state index in [-0.39, 0.29) is 11.4 Å². The van der Waals surface area contributed by atoms with Gasteiger partial charge in [-0.05, 0) is 35.0 Å². The van der Waals surface area contributed by atoms with E-state index in [1.54, 1.807) is 12.3 Å². The lowest BCUT2D eigenvalue weighted by atomic mass is 10.4. The minimum Gasteiger partial charge on any atom is -0.472 e. The Bertz CT molecular complexity index is 671. The van der Waals surface area contributed by atoms with Gasteiger partial charge in [-0.3, -0.25) is 0 Å². The van der Waals surface area contributed by atoms with Crippen molar-refractivity contribution in [3.05, 3.63) is 40.9 Å². The number of nitrogens with zero attached hydrogens (tertiary/aromatic N) is 1. The SMILES string of the molecule is CCNc1ncc(Br)cc1S(=O)(=O)NCc1ccoc1. The van der Waals surface area contributed by atoms with Gasteiger partial charge in [-0.25, -0.2) is 18.1 Å². The van der Waals surface area contributed by atoms with E-state index in [0.29, 0.717) is 16.8 Å². The lowest BCUT2D eigenvalue weighted by molar-refractivity contribution is 0.561. The first-order valence-corrected chi connectivity index (χ1v) is 8.20. The molecule has 2 heterocycles. The van der Waals surface area contributed by atoms with Crippen molar-refractivity contribution >= 4 is 31.8 Å². The Kier molecular flexibility index (Phi) is 4.79. The zero-order valence-electron chi connectivity index (χ0n) is 10.8. The fraction of sp³-hybridized carbons (Fsp3) is 0.250. The monoisotopic (exact) mass is 359 g/mol. The molecule has 0 fully saturated rings. The van der Waals surface area contributed by atoms with Gasteiger partial charge < -0.3 is 9.73 Å². The van der Waals surface area contributed by atoms with Crippen molar-refractivity contribution in [2.45, 2.75) is 18.4 Å². The molecule has 20 heavy (non-hydrogen) atoms. The molecule has 0 aliphatic rings. The van der Waals surface area contributed by atoms with E-state index in [1.807, 2.05) is 6.92 Å². The van der Waals surface area contributed by atoms with Gasteiger partial charge in [0.1, 0.15) is 10.7 Å². The van der Waals surface area contributed by atoms with E-state index in [2.05, 4.69) is 31.0 Å². The molecule has 6 nitrogen and oxygen atoms in total. The van der Waals surface area contributed by atoms with Gasteiger partial charge >= 0.3 is 0 Å². The molecule has 0 aliphatic carbocycles. The summed E-state index contributed by atoms with van der Waals surface area (Å²) in [5.41, 5.74) is 0.751. The van der Waals surface area contributed by atoms with Crippen LogP contribution in [0.3, 0.4) is 0 Å². The Labute approximate surface area is 125 Å². The van der Waals surface area contributed by atoms with E-state index < -0.39 is 10.0 Å². The Morgan fingerprint density at radius 3 is 2.90 bits per heavy atom. The molecule has 0 aromatic carbocycles. The summed E-state index contributed by atoms with van der Waals surface area (Å²) in [6, 6.07) is 3.22. The molecule has 8 heteroatoms. The molecule has 0 unspecified atom stereocenters. The number of nitrogens with one attached hydrogen (secondary N) is 2. The molecule has 2 aromatic heterocycles. The van der Waals surface area contributed by atoms with Crippen LogP contribution < -0.4 is 10.0 Å². The first-order chi connectivity index (χ1) is 9.53. The molecule has 0 spiro atoms. The van der Waals surface area contributed by atoms with Gasteiger partial charge in [0.25, 0.3) is 0 Å².